The van der Waals surface area contributed by atoms with Crippen LogP contribution in [0.3, 0.4) is 0 Å². The number of carbonyl (C=O) groups is 2. The number of benzene rings is 4. The van der Waals surface area contributed by atoms with Crippen molar-refractivity contribution in [3.05, 3.63) is 130 Å². The Kier molecular flexibility index (Phi) is 10.9. The van der Waals surface area contributed by atoms with Crippen molar-refractivity contribution in [1.29, 1.82) is 0 Å². The second kappa shape index (κ2) is 14.6. The number of sulfonamides is 1. The molecule has 2 amide bonds. The number of anilines is 1. The largest absolute Gasteiger partial charge is 0.355 e. The molecule has 0 radical (unpaired) electrons. The minimum atomic E-state index is -4.22. The predicted molar refractivity (Wildman–Crippen MR) is 172 cm³/mol. The summed E-state index contributed by atoms with van der Waals surface area (Å²) < 4.78 is 29.0. The predicted octanol–water partition coefficient (Wildman–Crippen LogP) is 6.27. The van der Waals surface area contributed by atoms with E-state index < -0.39 is 28.5 Å². The Morgan fingerprint density at radius 3 is 2.09 bits per heavy atom. The summed E-state index contributed by atoms with van der Waals surface area (Å²) in [6.45, 7) is 3.63. The van der Waals surface area contributed by atoms with Gasteiger partial charge < -0.3 is 10.2 Å². The van der Waals surface area contributed by atoms with Crippen LogP contribution in [-0.4, -0.2) is 44.3 Å². The number of nitrogens with one attached hydrogen (secondary N) is 1. The van der Waals surface area contributed by atoms with Gasteiger partial charge in [0.1, 0.15) is 12.6 Å². The maximum Gasteiger partial charge on any atom is 0.264 e. The minimum absolute atomic E-state index is 0.00360. The molecule has 0 unspecified atom stereocenters. The molecular weight excluding hydrogens is 605 g/mol. The second-order valence-electron chi connectivity index (χ2n) is 9.97. The summed E-state index contributed by atoms with van der Waals surface area (Å²) in [6, 6.07) is 28.3. The summed E-state index contributed by atoms with van der Waals surface area (Å²) in [5.41, 5.74) is 2.80. The van der Waals surface area contributed by atoms with Crippen LogP contribution in [0.15, 0.2) is 108 Å². The third-order valence-corrected chi connectivity index (χ3v) is 9.55. The molecule has 0 aromatic heterocycles. The van der Waals surface area contributed by atoms with Crippen molar-refractivity contribution in [2.45, 2.75) is 37.8 Å². The number of halogens is 2. The number of carbonyl (C=O) groups excluding carboxylic acids is 2. The summed E-state index contributed by atoms with van der Waals surface area (Å²) in [6.07, 6.45) is 0.239. The van der Waals surface area contributed by atoms with Crippen LogP contribution in [0, 0.1) is 6.92 Å². The third-order valence-electron chi connectivity index (χ3n) is 7.03. The molecule has 4 aromatic rings. The van der Waals surface area contributed by atoms with Crippen molar-refractivity contribution in [2.24, 2.45) is 0 Å². The smallest absolute Gasteiger partial charge is 0.264 e. The summed E-state index contributed by atoms with van der Waals surface area (Å²) >= 11 is 12.4. The third kappa shape index (κ3) is 7.96. The van der Waals surface area contributed by atoms with Gasteiger partial charge in [-0.05, 0) is 60.9 Å². The number of hydrogen-bond acceptors (Lipinski definition) is 4. The van der Waals surface area contributed by atoms with Gasteiger partial charge in [0.2, 0.25) is 11.8 Å². The maximum absolute atomic E-state index is 14.4. The first-order chi connectivity index (χ1) is 20.6. The van der Waals surface area contributed by atoms with Crippen molar-refractivity contribution in [3.8, 4) is 0 Å². The van der Waals surface area contributed by atoms with Crippen LogP contribution in [-0.2, 0) is 32.6 Å². The zero-order valence-electron chi connectivity index (χ0n) is 23.9. The fourth-order valence-corrected chi connectivity index (χ4v) is 6.43. The summed E-state index contributed by atoms with van der Waals surface area (Å²) in [7, 11) is -4.22. The van der Waals surface area contributed by atoms with Crippen LogP contribution >= 0.6 is 23.2 Å². The van der Waals surface area contributed by atoms with E-state index in [1.165, 1.54) is 35.2 Å². The van der Waals surface area contributed by atoms with E-state index in [4.69, 9.17) is 23.2 Å². The Bertz CT molecular complexity index is 1670. The van der Waals surface area contributed by atoms with Crippen molar-refractivity contribution in [3.63, 3.8) is 0 Å². The molecule has 0 saturated heterocycles. The van der Waals surface area contributed by atoms with Crippen molar-refractivity contribution >= 4 is 50.7 Å². The van der Waals surface area contributed by atoms with E-state index in [2.05, 4.69) is 5.32 Å². The van der Waals surface area contributed by atoms with E-state index in [0.29, 0.717) is 6.54 Å². The molecule has 0 fully saturated rings. The Hall–Kier alpha value is -3.85. The second-order valence-corrected chi connectivity index (χ2v) is 12.6. The lowest BCUT2D eigenvalue weighted by Gasteiger charge is -2.34. The van der Waals surface area contributed by atoms with E-state index >= 15 is 0 Å². The SMILES string of the molecule is CCNC(=O)[C@@H](Cc1ccccc1)N(Cc1ccccc1C)C(=O)CN(c1ccc(Cl)c(Cl)c1)S(=O)(=O)c1ccccc1. The molecule has 1 N–H and O–H groups in total. The van der Waals surface area contributed by atoms with Crippen LogP contribution < -0.4 is 9.62 Å². The molecule has 0 aliphatic heterocycles. The molecular formula is C33H33Cl2N3O4S. The van der Waals surface area contributed by atoms with Gasteiger partial charge in [-0.1, -0.05) is 96.0 Å². The van der Waals surface area contributed by atoms with Crippen LogP contribution in [0.4, 0.5) is 5.69 Å². The monoisotopic (exact) mass is 637 g/mol. The van der Waals surface area contributed by atoms with Crippen molar-refractivity contribution < 1.29 is 18.0 Å². The summed E-state index contributed by atoms with van der Waals surface area (Å²) in [4.78, 5) is 29.4. The van der Waals surface area contributed by atoms with Gasteiger partial charge in [0.25, 0.3) is 10.0 Å². The molecule has 224 valence electrons. The molecule has 4 rings (SSSR count). The number of amides is 2. The van der Waals surface area contributed by atoms with Gasteiger partial charge in [-0.15, -0.1) is 0 Å². The van der Waals surface area contributed by atoms with Gasteiger partial charge in [-0.3, -0.25) is 13.9 Å². The lowest BCUT2D eigenvalue weighted by Crippen LogP contribution is -2.53. The maximum atomic E-state index is 14.4. The fraction of sp³-hybridized carbons (Fsp3) is 0.212. The Morgan fingerprint density at radius 1 is 0.837 bits per heavy atom. The molecule has 0 aliphatic rings. The molecule has 10 heteroatoms. The van der Waals surface area contributed by atoms with Gasteiger partial charge in [0, 0.05) is 19.5 Å². The van der Waals surface area contributed by atoms with E-state index in [0.717, 1.165) is 21.0 Å². The quantitative estimate of drug-likeness (QED) is 0.198. The zero-order chi connectivity index (χ0) is 31.0. The highest BCUT2D eigenvalue weighted by Gasteiger charge is 2.34. The number of likely N-dealkylation sites (N-methyl/N-ethyl adjacent to an activating group) is 1. The highest BCUT2D eigenvalue weighted by atomic mass is 35.5. The van der Waals surface area contributed by atoms with E-state index in [1.54, 1.807) is 18.2 Å². The van der Waals surface area contributed by atoms with Gasteiger partial charge in [0.15, 0.2) is 0 Å². The van der Waals surface area contributed by atoms with Gasteiger partial charge >= 0.3 is 0 Å². The zero-order valence-corrected chi connectivity index (χ0v) is 26.2. The van der Waals surface area contributed by atoms with Crippen LogP contribution in [0.25, 0.3) is 0 Å². The average Bonchev–Trinajstić information content (AvgIpc) is 3.01. The van der Waals surface area contributed by atoms with E-state index in [9.17, 15) is 18.0 Å². The summed E-state index contributed by atoms with van der Waals surface area (Å²) in [5, 5.41) is 3.24. The molecule has 0 saturated carbocycles. The van der Waals surface area contributed by atoms with Gasteiger partial charge in [-0.25, -0.2) is 8.42 Å². The Labute approximate surface area is 263 Å². The van der Waals surface area contributed by atoms with E-state index in [1.807, 2.05) is 68.4 Å². The van der Waals surface area contributed by atoms with Crippen LogP contribution in [0.1, 0.15) is 23.6 Å². The highest BCUT2D eigenvalue weighted by Crippen LogP contribution is 2.31. The Balaban J connectivity index is 1.81. The van der Waals surface area contributed by atoms with Gasteiger partial charge in [0.05, 0.1) is 20.6 Å². The molecule has 4 aromatic carbocycles. The minimum Gasteiger partial charge on any atom is -0.355 e. The first-order valence-corrected chi connectivity index (χ1v) is 16.0. The van der Waals surface area contributed by atoms with Gasteiger partial charge in [-0.2, -0.15) is 0 Å². The van der Waals surface area contributed by atoms with Crippen molar-refractivity contribution in [1.82, 2.24) is 10.2 Å². The van der Waals surface area contributed by atoms with E-state index in [-0.39, 0.29) is 39.5 Å². The molecule has 1 atom stereocenters. The highest BCUT2D eigenvalue weighted by molar-refractivity contribution is 7.92. The van der Waals surface area contributed by atoms with Crippen LogP contribution in [0.2, 0.25) is 10.0 Å². The molecule has 7 nitrogen and oxygen atoms in total. The lowest BCUT2D eigenvalue weighted by molar-refractivity contribution is -0.140. The lowest BCUT2D eigenvalue weighted by atomic mass is 10.0. The normalized spacial score (nSPS) is 11.9. The molecule has 0 bridgehead atoms. The number of hydrogen-bond donors (Lipinski definition) is 1. The molecule has 0 spiro atoms. The van der Waals surface area contributed by atoms with Crippen molar-refractivity contribution in [2.75, 3.05) is 17.4 Å². The first-order valence-electron chi connectivity index (χ1n) is 13.8. The number of aryl methyl sites for hydroxylation is 1. The molecule has 0 aliphatic carbocycles. The standard InChI is InChI=1S/C33H33Cl2N3O4S/c1-3-36-33(40)31(20-25-13-6-4-7-14-25)37(22-26-15-11-10-12-24(26)2)32(39)23-38(27-18-19-29(34)30(35)21-27)43(41,42)28-16-8-5-9-17-28/h4-19,21,31H,3,20,22-23H2,1-2H3,(H,36,40)/t31-/m1/s1. The fourth-order valence-electron chi connectivity index (χ4n) is 4.71. The molecule has 43 heavy (non-hydrogen) atoms. The molecule has 0 heterocycles. The summed E-state index contributed by atoms with van der Waals surface area (Å²) in [5.74, 6) is -0.888. The Morgan fingerprint density at radius 2 is 1.47 bits per heavy atom. The average molecular weight is 639 g/mol. The first kappa shape index (κ1) is 32.1. The number of rotatable bonds is 12. The van der Waals surface area contributed by atoms with Crippen LogP contribution in [0.5, 0.6) is 0 Å². The topological polar surface area (TPSA) is 86.8 Å². The number of nitrogens with zero attached hydrogens (tertiary/aromatic N) is 2.